The van der Waals surface area contributed by atoms with Gasteiger partial charge in [-0.3, -0.25) is 0 Å². The Labute approximate surface area is 193 Å². The Hall–Kier alpha value is -2.56. The summed E-state index contributed by atoms with van der Waals surface area (Å²) < 4.78 is 5.49. The van der Waals surface area contributed by atoms with E-state index in [-0.39, 0.29) is 40.3 Å². The second-order valence-electron chi connectivity index (χ2n) is 12.3. The van der Waals surface area contributed by atoms with E-state index in [2.05, 4.69) is 57.2 Å². The average molecular weight is 442 g/mol. The van der Waals surface area contributed by atoms with Crippen molar-refractivity contribution >= 4 is 5.57 Å². The van der Waals surface area contributed by atoms with Crippen LogP contribution in [-0.4, -0.2) is 13.9 Å². The molecule has 2 saturated carbocycles. The molecule has 5 aliphatic carbocycles. The number of rotatable bonds is 1. The molecule has 3 heterocycles. The van der Waals surface area contributed by atoms with E-state index < -0.39 is 0 Å². The zero-order valence-electron chi connectivity index (χ0n) is 19.6. The van der Waals surface area contributed by atoms with E-state index >= 15 is 0 Å². The molecule has 0 saturated heterocycles. The zero-order valence-corrected chi connectivity index (χ0v) is 19.6. The first kappa shape index (κ1) is 18.8. The molecule has 1 aromatic carbocycles. The van der Waals surface area contributed by atoms with Crippen molar-refractivity contribution < 1.29 is 0 Å². The summed E-state index contributed by atoms with van der Waals surface area (Å²) in [5, 5.41) is 0. The van der Waals surface area contributed by atoms with Gasteiger partial charge in [-0.1, -0.05) is 57.2 Å². The quantitative estimate of drug-likeness (QED) is 0.612. The number of aryl methyl sites for hydroxylation is 1. The van der Waals surface area contributed by atoms with Gasteiger partial charge in [-0.15, -0.1) is 0 Å². The Morgan fingerprint density at radius 3 is 2.27 bits per heavy atom. The molecule has 7 aliphatic rings. The lowest BCUT2D eigenvalue weighted by atomic mass is 9.59. The van der Waals surface area contributed by atoms with Crippen LogP contribution in [0.3, 0.4) is 0 Å². The molecule has 33 heavy (non-hydrogen) atoms. The first-order chi connectivity index (χ1) is 15.8. The van der Waals surface area contributed by atoms with E-state index in [1.54, 1.807) is 4.57 Å². The SMILES string of the molecule is CC1(C)[C@H]2CC[C@@]1(C)[C@H](n1c(=O)n3n(c1=O)[C@H]1C4=C(CCc5ccccc54)[C@H]3[C@@H]3C=C[C@@H]31)C2. The van der Waals surface area contributed by atoms with Gasteiger partial charge >= 0.3 is 11.4 Å². The van der Waals surface area contributed by atoms with E-state index in [9.17, 15) is 9.59 Å². The van der Waals surface area contributed by atoms with Crippen molar-refractivity contribution in [3.05, 3.63) is 74.1 Å². The second-order valence-corrected chi connectivity index (χ2v) is 12.3. The van der Waals surface area contributed by atoms with Crippen molar-refractivity contribution in [2.75, 3.05) is 0 Å². The van der Waals surface area contributed by atoms with Crippen LogP contribution in [0.2, 0.25) is 0 Å². The molecule has 0 radical (unpaired) electrons. The Morgan fingerprint density at radius 2 is 1.61 bits per heavy atom. The largest absolute Gasteiger partial charge is 0.348 e. The summed E-state index contributed by atoms with van der Waals surface area (Å²) in [5.74, 6) is 1.26. The highest BCUT2D eigenvalue weighted by Crippen LogP contribution is 2.69. The van der Waals surface area contributed by atoms with Crippen LogP contribution in [0.15, 0.2) is 51.6 Å². The van der Waals surface area contributed by atoms with Gasteiger partial charge in [-0.05, 0) is 71.1 Å². The van der Waals surface area contributed by atoms with Crippen LogP contribution in [0, 0.1) is 28.6 Å². The fraction of sp³-hybridized carbons (Fsp3) is 0.571. The van der Waals surface area contributed by atoms with Gasteiger partial charge in [-0.25, -0.2) is 23.5 Å². The molecule has 170 valence electrons. The summed E-state index contributed by atoms with van der Waals surface area (Å²) >= 11 is 0. The lowest BCUT2D eigenvalue weighted by Gasteiger charge is -2.54. The monoisotopic (exact) mass is 441 g/mol. The molecule has 0 N–H and O–H groups in total. The van der Waals surface area contributed by atoms with Crippen LogP contribution in [0.25, 0.3) is 5.57 Å². The van der Waals surface area contributed by atoms with E-state index in [1.807, 2.05) is 9.36 Å². The maximum absolute atomic E-state index is 14.2. The molecular formula is C28H31N3O2. The Kier molecular flexibility index (Phi) is 3.17. The standard InChI is InChI=1S/C28H31N3O2/c1-27(2)16-12-13-28(27,3)21(14-16)29-25(32)30-23-18-10-11-19(18)24(31(30)26(29)33)22-17-7-5-4-6-15(17)8-9-20(22)23/h4-7,10-11,16,18-19,21,23-24H,8-9,12-14H2,1-3H3/t16-,18+,19-,21+,23+,24+,28-/m0/s1. The number of hydrogen-bond acceptors (Lipinski definition) is 2. The minimum Gasteiger partial charge on any atom is -0.246 e. The lowest BCUT2D eigenvalue weighted by Crippen LogP contribution is -2.54. The van der Waals surface area contributed by atoms with E-state index in [4.69, 9.17) is 0 Å². The van der Waals surface area contributed by atoms with Gasteiger partial charge in [0.05, 0.1) is 12.1 Å². The molecule has 9 rings (SSSR count). The number of benzene rings is 1. The van der Waals surface area contributed by atoms with Gasteiger partial charge in [0.15, 0.2) is 0 Å². The summed E-state index contributed by atoms with van der Waals surface area (Å²) in [6, 6.07) is 8.64. The van der Waals surface area contributed by atoms with Crippen molar-refractivity contribution in [1.82, 2.24) is 13.9 Å². The van der Waals surface area contributed by atoms with Gasteiger partial charge in [-0.2, -0.15) is 0 Å². The number of hydrogen-bond donors (Lipinski definition) is 0. The van der Waals surface area contributed by atoms with Crippen molar-refractivity contribution in [1.29, 1.82) is 0 Å². The first-order valence-corrected chi connectivity index (χ1v) is 12.8. The molecule has 0 amide bonds. The molecule has 2 aliphatic heterocycles. The Balaban J connectivity index is 1.37. The molecule has 7 atom stereocenters. The summed E-state index contributed by atoms with van der Waals surface area (Å²) in [6.45, 7) is 7.04. The van der Waals surface area contributed by atoms with Crippen LogP contribution in [0.4, 0.5) is 0 Å². The van der Waals surface area contributed by atoms with Gasteiger partial charge in [0.1, 0.15) is 0 Å². The minimum absolute atomic E-state index is 0.00531. The van der Waals surface area contributed by atoms with Gasteiger partial charge in [0.2, 0.25) is 0 Å². The number of aromatic nitrogens is 3. The normalized spacial score (nSPS) is 40.3. The van der Waals surface area contributed by atoms with E-state index in [1.165, 1.54) is 28.7 Å². The van der Waals surface area contributed by atoms with Crippen LogP contribution >= 0.6 is 0 Å². The van der Waals surface area contributed by atoms with E-state index in [0.717, 1.165) is 25.7 Å². The third-order valence-corrected chi connectivity index (χ3v) is 11.3. The summed E-state index contributed by atoms with van der Waals surface area (Å²) in [5.41, 5.74) is 5.45. The highest BCUT2D eigenvalue weighted by molar-refractivity contribution is 5.79. The van der Waals surface area contributed by atoms with Crippen LogP contribution in [0.5, 0.6) is 0 Å². The fourth-order valence-corrected chi connectivity index (χ4v) is 9.07. The number of nitrogens with zero attached hydrogens (tertiary/aromatic N) is 3. The predicted molar refractivity (Wildman–Crippen MR) is 127 cm³/mol. The Morgan fingerprint density at radius 1 is 0.909 bits per heavy atom. The molecule has 0 spiro atoms. The lowest BCUT2D eigenvalue weighted by molar-refractivity contribution is 0.103. The summed E-state index contributed by atoms with van der Waals surface area (Å²) in [7, 11) is 0. The Bertz CT molecular complexity index is 1430. The predicted octanol–water partition coefficient (Wildman–Crippen LogP) is 4.51. The topological polar surface area (TPSA) is 48.9 Å². The third-order valence-electron chi connectivity index (χ3n) is 11.3. The summed E-state index contributed by atoms with van der Waals surface area (Å²) in [6.07, 6.45) is 9.86. The molecule has 4 bridgehead atoms. The third kappa shape index (κ3) is 1.85. The molecule has 1 aromatic heterocycles. The maximum Gasteiger partial charge on any atom is 0.348 e. The zero-order chi connectivity index (χ0) is 22.4. The highest BCUT2D eigenvalue weighted by Gasteiger charge is 2.63. The summed E-state index contributed by atoms with van der Waals surface area (Å²) in [4.78, 5) is 28.3. The van der Waals surface area contributed by atoms with Crippen molar-refractivity contribution in [3.63, 3.8) is 0 Å². The maximum atomic E-state index is 14.2. The van der Waals surface area contributed by atoms with Crippen LogP contribution < -0.4 is 11.4 Å². The molecule has 0 unspecified atom stereocenters. The van der Waals surface area contributed by atoms with Gasteiger partial charge in [0, 0.05) is 17.9 Å². The van der Waals surface area contributed by atoms with Crippen molar-refractivity contribution in [3.8, 4) is 0 Å². The first-order valence-electron chi connectivity index (χ1n) is 12.8. The number of allylic oxidation sites excluding steroid dienone is 4. The minimum atomic E-state index is -0.0714. The van der Waals surface area contributed by atoms with Crippen molar-refractivity contribution in [2.45, 2.75) is 71.0 Å². The molecule has 2 fully saturated rings. The van der Waals surface area contributed by atoms with Crippen LogP contribution in [-0.2, 0) is 6.42 Å². The second kappa shape index (κ2) is 5.56. The van der Waals surface area contributed by atoms with Gasteiger partial charge < -0.3 is 0 Å². The molecule has 2 aromatic rings. The average Bonchev–Trinajstić information content (AvgIpc) is 3.25. The van der Waals surface area contributed by atoms with Crippen LogP contribution in [0.1, 0.15) is 75.7 Å². The van der Waals surface area contributed by atoms with Crippen molar-refractivity contribution in [2.24, 2.45) is 28.6 Å². The highest BCUT2D eigenvalue weighted by atomic mass is 16.2. The van der Waals surface area contributed by atoms with E-state index in [0.29, 0.717) is 17.8 Å². The number of fused-ring (bicyclic) bond motifs is 3. The molecule has 5 heteroatoms. The molecular weight excluding hydrogens is 410 g/mol. The fourth-order valence-electron chi connectivity index (χ4n) is 9.07. The molecule has 5 nitrogen and oxygen atoms in total. The van der Waals surface area contributed by atoms with Gasteiger partial charge in [0.25, 0.3) is 0 Å². The smallest absolute Gasteiger partial charge is 0.246 e.